The van der Waals surface area contributed by atoms with Crippen LogP contribution in [-0.4, -0.2) is 18.4 Å². The van der Waals surface area contributed by atoms with Gasteiger partial charge in [-0.2, -0.15) is 0 Å². The Morgan fingerprint density at radius 1 is 1.28 bits per heavy atom. The van der Waals surface area contributed by atoms with E-state index in [9.17, 15) is 4.39 Å². The molecule has 0 radical (unpaired) electrons. The smallest absolute Gasteiger partial charge is 0.128 e. The lowest BCUT2D eigenvalue weighted by Gasteiger charge is -2.15. The van der Waals surface area contributed by atoms with Crippen LogP contribution < -0.4 is 4.74 Å². The number of aryl methyl sites for hydroxylation is 2. The van der Waals surface area contributed by atoms with Gasteiger partial charge in [-0.15, -0.1) is 0 Å². The number of rotatable bonds is 3. The zero-order chi connectivity index (χ0) is 12.5. The van der Waals surface area contributed by atoms with Crippen molar-refractivity contribution in [1.82, 2.24) is 4.57 Å². The fourth-order valence-electron chi connectivity index (χ4n) is 3.16. The first-order chi connectivity index (χ1) is 8.86. The number of methoxy groups -OCH3 is 1. The summed E-state index contributed by atoms with van der Waals surface area (Å²) in [5.74, 6) is 0.920. The van der Waals surface area contributed by atoms with Crippen molar-refractivity contribution in [3.63, 3.8) is 0 Å². The van der Waals surface area contributed by atoms with Crippen LogP contribution in [0.15, 0.2) is 18.2 Å². The third kappa shape index (κ3) is 1.61. The number of hydrogen-bond donors (Lipinski definition) is 0. The summed E-state index contributed by atoms with van der Waals surface area (Å²) in [5, 5.41) is 1.20. The van der Waals surface area contributed by atoms with Crippen molar-refractivity contribution in [1.29, 1.82) is 0 Å². The van der Waals surface area contributed by atoms with Crippen LogP contribution in [0.5, 0.6) is 5.75 Å². The standard InChI is InChI=1S/C15H18FNO/c1-18-14-8-4-7-13-15(14)11-5-2-3-6-12(11)17(13)10-9-16/h4,7-8H,2-3,5-6,9-10H2,1H3. The number of benzene rings is 1. The van der Waals surface area contributed by atoms with E-state index in [2.05, 4.69) is 10.6 Å². The van der Waals surface area contributed by atoms with Crippen LogP contribution >= 0.6 is 0 Å². The molecule has 2 nitrogen and oxygen atoms in total. The fraction of sp³-hybridized carbons (Fsp3) is 0.467. The molecule has 0 atom stereocenters. The van der Waals surface area contributed by atoms with Crippen molar-refractivity contribution in [2.75, 3.05) is 13.8 Å². The molecule has 1 aliphatic carbocycles. The molecular weight excluding hydrogens is 229 g/mol. The first-order valence-corrected chi connectivity index (χ1v) is 6.59. The summed E-state index contributed by atoms with van der Waals surface area (Å²) in [6.45, 7) is 0.145. The van der Waals surface area contributed by atoms with Crippen molar-refractivity contribution >= 4 is 10.9 Å². The molecule has 18 heavy (non-hydrogen) atoms. The molecule has 1 aliphatic rings. The molecule has 3 rings (SSSR count). The van der Waals surface area contributed by atoms with Crippen molar-refractivity contribution in [3.05, 3.63) is 29.5 Å². The van der Waals surface area contributed by atoms with E-state index >= 15 is 0 Å². The first kappa shape index (κ1) is 11.6. The normalized spacial score (nSPS) is 14.8. The summed E-state index contributed by atoms with van der Waals surface area (Å²) < 4.78 is 20.4. The van der Waals surface area contributed by atoms with Gasteiger partial charge in [0.1, 0.15) is 12.4 Å². The Kier molecular flexibility index (Phi) is 2.98. The monoisotopic (exact) mass is 247 g/mol. The maximum atomic E-state index is 12.8. The maximum absolute atomic E-state index is 12.8. The summed E-state index contributed by atoms with van der Waals surface area (Å²) >= 11 is 0. The van der Waals surface area contributed by atoms with Gasteiger partial charge in [0, 0.05) is 11.1 Å². The van der Waals surface area contributed by atoms with Gasteiger partial charge in [0.25, 0.3) is 0 Å². The molecule has 0 amide bonds. The zero-order valence-corrected chi connectivity index (χ0v) is 10.7. The van der Waals surface area contributed by atoms with Gasteiger partial charge < -0.3 is 9.30 Å². The van der Waals surface area contributed by atoms with Gasteiger partial charge in [0.05, 0.1) is 19.2 Å². The zero-order valence-electron chi connectivity index (χ0n) is 10.7. The number of ether oxygens (including phenoxy) is 1. The van der Waals surface area contributed by atoms with Gasteiger partial charge in [0.2, 0.25) is 0 Å². The fourth-order valence-corrected chi connectivity index (χ4v) is 3.16. The Morgan fingerprint density at radius 2 is 2.11 bits per heavy atom. The summed E-state index contributed by atoms with van der Waals surface area (Å²) in [4.78, 5) is 0. The summed E-state index contributed by atoms with van der Waals surface area (Å²) in [5.41, 5.74) is 3.82. The van der Waals surface area contributed by atoms with E-state index in [-0.39, 0.29) is 6.67 Å². The molecule has 0 saturated carbocycles. The van der Waals surface area contributed by atoms with Gasteiger partial charge in [0.15, 0.2) is 0 Å². The topological polar surface area (TPSA) is 14.2 Å². The molecule has 2 aromatic rings. The lowest BCUT2D eigenvalue weighted by atomic mass is 9.95. The molecule has 1 aromatic heterocycles. The minimum Gasteiger partial charge on any atom is -0.496 e. The average Bonchev–Trinajstić information content (AvgIpc) is 2.74. The molecule has 96 valence electrons. The van der Waals surface area contributed by atoms with E-state index in [1.807, 2.05) is 12.1 Å². The second-order valence-electron chi connectivity index (χ2n) is 4.83. The van der Waals surface area contributed by atoms with Crippen molar-refractivity contribution in [2.24, 2.45) is 0 Å². The summed E-state index contributed by atoms with van der Waals surface area (Å²) in [6, 6.07) is 6.06. The van der Waals surface area contributed by atoms with E-state index < -0.39 is 0 Å². The van der Waals surface area contributed by atoms with E-state index in [1.54, 1.807) is 7.11 Å². The summed E-state index contributed by atoms with van der Waals surface area (Å²) in [7, 11) is 1.70. The van der Waals surface area contributed by atoms with E-state index in [4.69, 9.17) is 4.74 Å². The molecule has 0 fully saturated rings. The molecule has 3 heteroatoms. The number of hydrogen-bond acceptors (Lipinski definition) is 1. The van der Waals surface area contributed by atoms with Gasteiger partial charge in [-0.3, -0.25) is 0 Å². The van der Waals surface area contributed by atoms with Gasteiger partial charge in [-0.05, 0) is 43.4 Å². The third-order valence-corrected chi connectivity index (χ3v) is 3.89. The SMILES string of the molecule is COc1cccc2c1c1c(n2CCF)CCCC1. The molecule has 0 unspecified atom stereocenters. The van der Waals surface area contributed by atoms with E-state index in [0.29, 0.717) is 6.54 Å². The predicted molar refractivity (Wildman–Crippen MR) is 71.1 cm³/mol. The largest absolute Gasteiger partial charge is 0.496 e. The van der Waals surface area contributed by atoms with Gasteiger partial charge in [-0.25, -0.2) is 4.39 Å². The van der Waals surface area contributed by atoms with Crippen LogP contribution in [0, 0.1) is 0 Å². The van der Waals surface area contributed by atoms with E-state index in [0.717, 1.165) is 24.1 Å². The molecule has 1 heterocycles. The average molecular weight is 247 g/mol. The second-order valence-corrected chi connectivity index (χ2v) is 4.83. The van der Waals surface area contributed by atoms with Crippen LogP contribution in [0.3, 0.4) is 0 Å². The molecule has 0 aliphatic heterocycles. The number of nitrogens with zero attached hydrogens (tertiary/aromatic N) is 1. The Labute approximate surface area is 106 Å². The Balaban J connectivity index is 2.32. The molecule has 0 bridgehead atoms. The highest BCUT2D eigenvalue weighted by Crippen LogP contribution is 2.37. The van der Waals surface area contributed by atoms with Crippen molar-refractivity contribution in [2.45, 2.75) is 32.2 Å². The lowest BCUT2D eigenvalue weighted by Crippen LogP contribution is -2.09. The molecule has 1 aromatic carbocycles. The molecular formula is C15H18FNO. The number of alkyl halides is 1. The van der Waals surface area contributed by atoms with Gasteiger partial charge in [-0.1, -0.05) is 6.07 Å². The second kappa shape index (κ2) is 4.63. The minimum atomic E-state index is -0.312. The van der Waals surface area contributed by atoms with E-state index in [1.165, 1.54) is 29.5 Å². The van der Waals surface area contributed by atoms with Crippen LogP contribution in [0.4, 0.5) is 4.39 Å². The maximum Gasteiger partial charge on any atom is 0.128 e. The number of fused-ring (bicyclic) bond motifs is 3. The highest BCUT2D eigenvalue weighted by molar-refractivity contribution is 5.91. The van der Waals surface area contributed by atoms with Gasteiger partial charge >= 0.3 is 0 Å². The van der Waals surface area contributed by atoms with Crippen LogP contribution in [0.1, 0.15) is 24.1 Å². The van der Waals surface area contributed by atoms with Crippen molar-refractivity contribution in [3.8, 4) is 5.75 Å². The first-order valence-electron chi connectivity index (χ1n) is 6.59. The third-order valence-electron chi connectivity index (χ3n) is 3.89. The molecule has 0 N–H and O–H groups in total. The van der Waals surface area contributed by atoms with Crippen LogP contribution in [0.2, 0.25) is 0 Å². The highest BCUT2D eigenvalue weighted by Gasteiger charge is 2.21. The Morgan fingerprint density at radius 3 is 2.89 bits per heavy atom. The Bertz CT molecular complexity index is 573. The molecule has 0 saturated heterocycles. The predicted octanol–water partition coefficient (Wildman–Crippen LogP) is 3.50. The minimum absolute atomic E-state index is 0.312. The Hall–Kier alpha value is -1.51. The number of aromatic nitrogens is 1. The highest BCUT2D eigenvalue weighted by atomic mass is 19.1. The number of halogens is 1. The summed E-state index contributed by atoms with van der Waals surface area (Å²) in [6.07, 6.45) is 4.58. The van der Waals surface area contributed by atoms with Crippen LogP contribution in [-0.2, 0) is 19.4 Å². The quantitative estimate of drug-likeness (QED) is 0.809. The lowest BCUT2D eigenvalue weighted by molar-refractivity contribution is 0.419. The molecule has 0 spiro atoms. The van der Waals surface area contributed by atoms with Crippen LogP contribution in [0.25, 0.3) is 10.9 Å². The van der Waals surface area contributed by atoms with Crippen molar-refractivity contribution < 1.29 is 9.13 Å².